The van der Waals surface area contributed by atoms with Crippen LogP contribution < -0.4 is 5.32 Å². The van der Waals surface area contributed by atoms with E-state index in [1.807, 2.05) is 0 Å². The third-order valence-corrected chi connectivity index (χ3v) is 5.09. The normalized spacial score (nSPS) is 21.2. The van der Waals surface area contributed by atoms with E-state index >= 15 is 0 Å². The molecule has 0 radical (unpaired) electrons. The van der Waals surface area contributed by atoms with E-state index in [0.29, 0.717) is 13.0 Å². The molecule has 0 saturated carbocycles. The summed E-state index contributed by atoms with van der Waals surface area (Å²) in [5, 5.41) is 2.89. The molecule has 0 aliphatic carbocycles. The van der Waals surface area contributed by atoms with Gasteiger partial charge in [-0.15, -0.1) is 0 Å². The second-order valence-corrected chi connectivity index (χ2v) is 6.43. The first kappa shape index (κ1) is 14.2. The maximum Gasteiger partial charge on any atom is 0.245 e. The molecular formula is C11H14ClN3O3S. The highest BCUT2D eigenvalue weighted by atomic mass is 35.5. The van der Waals surface area contributed by atoms with Gasteiger partial charge in [0, 0.05) is 19.3 Å². The second kappa shape index (κ2) is 5.44. The minimum atomic E-state index is -3.72. The summed E-state index contributed by atoms with van der Waals surface area (Å²) in [5.41, 5.74) is 0. The Labute approximate surface area is 116 Å². The molecule has 1 aromatic rings. The van der Waals surface area contributed by atoms with E-state index in [2.05, 4.69) is 10.3 Å². The van der Waals surface area contributed by atoms with Crippen molar-refractivity contribution in [2.75, 3.05) is 13.1 Å². The largest absolute Gasteiger partial charge is 0.353 e. The number of pyridine rings is 1. The van der Waals surface area contributed by atoms with Crippen LogP contribution in [-0.2, 0) is 14.8 Å². The zero-order valence-corrected chi connectivity index (χ0v) is 11.9. The average Bonchev–Trinajstić information content (AvgIpc) is 2.39. The summed E-state index contributed by atoms with van der Waals surface area (Å²) in [4.78, 5) is 15.5. The van der Waals surface area contributed by atoms with Crippen molar-refractivity contribution in [1.82, 2.24) is 14.6 Å². The predicted octanol–water partition coefficient (Wildman–Crippen LogP) is 0.634. The van der Waals surface area contributed by atoms with Gasteiger partial charge in [0.2, 0.25) is 15.9 Å². The molecule has 1 saturated heterocycles. The lowest BCUT2D eigenvalue weighted by Gasteiger charge is -2.33. The van der Waals surface area contributed by atoms with Crippen molar-refractivity contribution in [3.8, 4) is 0 Å². The third kappa shape index (κ3) is 2.72. The Morgan fingerprint density at radius 1 is 1.53 bits per heavy atom. The zero-order valence-electron chi connectivity index (χ0n) is 10.3. The van der Waals surface area contributed by atoms with E-state index in [1.165, 1.54) is 22.6 Å². The van der Waals surface area contributed by atoms with E-state index in [0.717, 1.165) is 0 Å². The van der Waals surface area contributed by atoms with Gasteiger partial charge < -0.3 is 5.32 Å². The lowest BCUT2D eigenvalue weighted by Crippen LogP contribution is -2.56. The van der Waals surface area contributed by atoms with Crippen LogP contribution in [0.2, 0.25) is 5.15 Å². The van der Waals surface area contributed by atoms with Crippen molar-refractivity contribution in [2.45, 2.75) is 24.3 Å². The van der Waals surface area contributed by atoms with Crippen LogP contribution in [0.5, 0.6) is 0 Å². The quantitative estimate of drug-likeness (QED) is 0.831. The van der Waals surface area contributed by atoms with Gasteiger partial charge in [-0.3, -0.25) is 4.79 Å². The van der Waals surface area contributed by atoms with E-state index < -0.39 is 16.1 Å². The number of hydrogen-bond donors (Lipinski definition) is 1. The minimum absolute atomic E-state index is 0.0463. The summed E-state index contributed by atoms with van der Waals surface area (Å²) in [7, 11) is -3.72. The molecule has 1 unspecified atom stereocenters. The van der Waals surface area contributed by atoms with Gasteiger partial charge in [0.15, 0.2) is 0 Å². The predicted molar refractivity (Wildman–Crippen MR) is 70.2 cm³/mol. The molecule has 1 aliphatic rings. The number of hydrogen-bond acceptors (Lipinski definition) is 4. The third-order valence-electron chi connectivity index (χ3n) is 2.98. The fourth-order valence-electron chi connectivity index (χ4n) is 2.02. The molecule has 1 atom stereocenters. The highest BCUT2D eigenvalue weighted by molar-refractivity contribution is 7.89. The number of carbonyl (C=O) groups excluding carboxylic acids is 1. The zero-order chi connectivity index (χ0) is 14.0. The number of carbonyl (C=O) groups is 1. The Kier molecular flexibility index (Phi) is 4.07. The van der Waals surface area contributed by atoms with Gasteiger partial charge in [-0.25, -0.2) is 13.4 Å². The molecule has 0 aromatic carbocycles. The maximum absolute atomic E-state index is 12.5. The highest BCUT2D eigenvalue weighted by Gasteiger charge is 2.37. The van der Waals surface area contributed by atoms with Crippen LogP contribution in [0.4, 0.5) is 0 Å². The molecule has 104 valence electrons. The number of rotatable bonds is 3. The first-order valence-electron chi connectivity index (χ1n) is 5.88. The lowest BCUT2D eigenvalue weighted by molar-refractivity contribution is -0.126. The number of aromatic nitrogens is 1. The second-order valence-electron chi connectivity index (χ2n) is 4.15. The fourth-order valence-corrected chi connectivity index (χ4v) is 3.74. The Bertz CT molecular complexity index is 573. The van der Waals surface area contributed by atoms with E-state index in [4.69, 9.17) is 11.6 Å². The van der Waals surface area contributed by atoms with Crippen LogP contribution in [0.1, 0.15) is 13.3 Å². The highest BCUT2D eigenvalue weighted by Crippen LogP contribution is 2.21. The topological polar surface area (TPSA) is 79.4 Å². The van der Waals surface area contributed by atoms with Gasteiger partial charge in [0.05, 0.1) is 0 Å². The molecule has 0 spiro atoms. The smallest absolute Gasteiger partial charge is 0.245 e. The van der Waals surface area contributed by atoms with Crippen molar-refractivity contribution < 1.29 is 13.2 Å². The van der Waals surface area contributed by atoms with Crippen LogP contribution in [0.15, 0.2) is 23.2 Å². The molecule has 1 amide bonds. The summed E-state index contributed by atoms with van der Waals surface area (Å²) in [5.74, 6) is -0.265. The van der Waals surface area contributed by atoms with Crippen LogP contribution >= 0.6 is 11.6 Å². The Morgan fingerprint density at radius 2 is 2.26 bits per heavy atom. The molecule has 1 fully saturated rings. The van der Waals surface area contributed by atoms with E-state index in [9.17, 15) is 13.2 Å². The van der Waals surface area contributed by atoms with Crippen molar-refractivity contribution in [2.24, 2.45) is 0 Å². The minimum Gasteiger partial charge on any atom is -0.353 e. The van der Waals surface area contributed by atoms with E-state index in [1.54, 1.807) is 6.92 Å². The molecule has 0 bridgehead atoms. The first-order valence-corrected chi connectivity index (χ1v) is 7.69. The maximum atomic E-state index is 12.5. The molecular weight excluding hydrogens is 290 g/mol. The summed E-state index contributed by atoms with van der Waals surface area (Å²) < 4.78 is 26.2. The molecule has 2 heterocycles. The molecule has 6 nitrogen and oxygen atoms in total. The van der Waals surface area contributed by atoms with Gasteiger partial charge in [0.25, 0.3) is 0 Å². The summed E-state index contributed by atoms with van der Waals surface area (Å²) in [6, 6.07) is 2.14. The summed E-state index contributed by atoms with van der Waals surface area (Å²) in [6.07, 6.45) is 1.63. The van der Waals surface area contributed by atoms with Crippen LogP contribution in [0.3, 0.4) is 0 Å². The molecule has 1 aromatic heterocycles. The monoisotopic (exact) mass is 303 g/mol. The Morgan fingerprint density at radius 3 is 2.84 bits per heavy atom. The molecule has 2 rings (SSSR count). The van der Waals surface area contributed by atoms with Gasteiger partial charge in [-0.05, 0) is 18.6 Å². The van der Waals surface area contributed by atoms with Crippen LogP contribution in [0, 0.1) is 0 Å². The van der Waals surface area contributed by atoms with Crippen LogP contribution in [-0.4, -0.2) is 42.7 Å². The number of amides is 1. The van der Waals surface area contributed by atoms with Gasteiger partial charge in [-0.1, -0.05) is 18.5 Å². The van der Waals surface area contributed by atoms with Gasteiger partial charge in [0.1, 0.15) is 16.1 Å². The summed E-state index contributed by atoms with van der Waals surface area (Å²) >= 11 is 5.64. The number of nitrogens with one attached hydrogen (secondary N) is 1. The SMILES string of the molecule is CCC1C(=O)NCCN1S(=O)(=O)c1ccc(Cl)nc1. The Balaban J connectivity index is 2.37. The van der Waals surface area contributed by atoms with Crippen LogP contribution in [0.25, 0.3) is 0 Å². The van der Waals surface area contributed by atoms with Crippen molar-refractivity contribution in [3.05, 3.63) is 23.5 Å². The molecule has 1 aliphatic heterocycles. The average molecular weight is 304 g/mol. The van der Waals surface area contributed by atoms with Crippen molar-refractivity contribution in [1.29, 1.82) is 0 Å². The van der Waals surface area contributed by atoms with Crippen molar-refractivity contribution >= 4 is 27.5 Å². The van der Waals surface area contributed by atoms with Crippen molar-refractivity contribution in [3.63, 3.8) is 0 Å². The number of piperazine rings is 1. The number of halogens is 1. The lowest BCUT2D eigenvalue weighted by atomic mass is 10.2. The first-order chi connectivity index (χ1) is 8.96. The Hall–Kier alpha value is -1.18. The van der Waals surface area contributed by atoms with Gasteiger partial charge in [-0.2, -0.15) is 4.31 Å². The van der Waals surface area contributed by atoms with E-state index in [-0.39, 0.29) is 22.5 Å². The molecule has 19 heavy (non-hydrogen) atoms. The van der Waals surface area contributed by atoms with Gasteiger partial charge >= 0.3 is 0 Å². The fraction of sp³-hybridized carbons (Fsp3) is 0.455. The summed E-state index contributed by atoms with van der Waals surface area (Å²) in [6.45, 7) is 2.35. The number of sulfonamides is 1. The standard InChI is InChI=1S/C11H14ClN3O3S/c1-2-9-11(16)13-5-6-15(9)19(17,18)8-3-4-10(12)14-7-8/h3-4,7,9H,2,5-6H2,1H3,(H,13,16). The molecule has 8 heteroatoms. The number of nitrogens with zero attached hydrogens (tertiary/aromatic N) is 2. The molecule has 1 N–H and O–H groups in total.